The fraction of sp³-hybridized carbons (Fsp3) is 0.667. The van der Waals surface area contributed by atoms with E-state index in [-0.39, 0.29) is 11.9 Å². The molecule has 24 heavy (non-hydrogen) atoms. The van der Waals surface area contributed by atoms with Crippen LogP contribution >= 0.6 is 11.3 Å². The quantitative estimate of drug-likeness (QED) is 0.795. The Morgan fingerprint density at radius 2 is 1.96 bits per heavy atom. The summed E-state index contributed by atoms with van der Waals surface area (Å²) in [4.78, 5) is 27.8. The molecule has 0 aromatic carbocycles. The number of nitrogens with zero attached hydrogens (tertiary/aromatic N) is 1. The number of piperidine rings is 1. The number of ether oxygens (including phenoxy) is 1. The molecular weight excluding hydrogens is 324 g/mol. The standard InChI is InChI=1S/C18H28N2O3S/c1-5-23-18(22)16-13(3)14(4)24-17(16)19-15(21)8-11-20-9-6-12(2)7-10-20/h12H,5-11H2,1-4H3,(H,19,21). The van der Waals surface area contributed by atoms with Gasteiger partial charge >= 0.3 is 5.97 Å². The topological polar surface area (TPSA) is 58.6 Å². The number of nitrogens with one attached hydrogen (secondary N) is 1. The maximum Gasteiger partial charge on any atom is 0.341 e. The predicted octanol–water partition coefficient (Wildman–Crippen LogP) is 3.60. The van der Waals surface area contributed by atoms with Gasteiger partial charge in [-0.3, -0.25) is 4.79 Å². The van der Waals surface area contributed by atoms with Crippen molar-refractivity contribution in [3.05, 3.63) is 16.0 Å². The smallest absolute Gasteiger partial charge is 0.341 e. The third-order valence-electron chi connectivity index (χ3n) is 4.65. The zero-order valence-electron chi connectivity index (χ0n) is 15.1. The van der Waals surface area contributed by atoms with Crippen LogP contribution in [0.25, 0.3) is 0 Å². The number of amides is 1. The lowest BCUT2D eigenvalue weighted by Crippen LogP contribution is -2.35. The molecule has 0 aliphatic carbocycles. The van der Waals surface area contributed by atoms with Crippen molar-refractivity contribution in [1.29, 1.82) is 0 Å². The number of aryl methyl sites for hydroxylation is 1. The van der Waals surface area contributed by atoms with Crippen LogP contribution in [0.5, 0.6) is 0 Å². The predicted molar refractivity (Wildman–Crippen MR) is 97.8 cm³/mol. The third kappa shape index (κ3) is 4.80. The minimum atomic E-state index is -0.361. The van der Waals surface area contributed by atoms with E-state index in [1.165, 1.54) is 24.2 Å². The second-order valence-electron chi connectivity index (χ2n) is 6.53. The molecule has 0 bridgehead atoms. The molecule has 0 unspecified atom stereocenters. The molecule has 0 saturated carbocycles. The first kappa shape index (κ1) is 18.9. The summed E-state index contributed by atoms with van der Waals surface area (Å²) in [7, 11) is 0. The Labute approximate surface area is 148 Å². The van der Waals surface area contributed by atoms with Crippen LogP contribution in [0.4, 0.5) is 5.00 Å². The molecule has 0 atom stereocenters. The largest absolute Gasteiger partial charge is 0.462 e. The number of anilines is 1. The molecule has 1 fully saturated rings. The highest BCUT2D eigenvalue weighted by molar-refractivity contribution is 7.16. The van der Waals surface area contributed by atoms with E-state index in [4.69, 9.17) is 4.74 Å². The van der Waals surface area contributed by atoms with Crippen LogP contribution in [0.2, 0.25) is 0 Å². The summed E-state index contributed by atoms with van der Waals surface area (Å²) in [5.74, 6) is 0.388. The number of thiophene rings is 1. The van der Waals surface area contributed by atoms with Crippen LogP contribution in [-0.4, -0.2) is 43.0 Å². The summed E-state index contributed by atoms with van der Waals surface area (Å²) >= 11 is 1.44. The van der Waals surface area contributed by atoms with Crippen molar-refractivity contribution in [2.75, 3.05) is 31.6 Å². The van der Waals surface area contributed by atoms with E-state index < -0.39 is 0 Å². The molecule has 2 rings (SSSR count). The van der Waals surface area contributed by atoms with Crippen molar-refractivity contribution >= 4 is 28.2 Å². The molecule has 6 heteroatoms. The van der Waals surface area contributed by atoms with E-state index in [2.05, 4.69) is 17.1 Å². The SMILES string of the molecule is CCOC(=O)c1c(NC(=O)CCN2CCC(C)CC2)sc(C)c1C. The molecule has 1 aromatic rings. The Morgan fingerprint density at radius 1 is 1.29 bits per heavy atom. The fourth-order valence-corrected chi connectivity index (χ4v) is 3.96. The van der Waals surface area contributed by atoms with Gasteiger partial charge in [-0.1, -0.05) is 6.92 Å². The van der Waals surface area contributed by atoms with Gasteiger partial charge < -0.3 is 15.0 Å². The summed E-state index contributed by atoms with van der Waals surface area (Å²) in [5.41, 5.74) is 1.39. The van der Waals surface area contributed by atoms with Gasteiger partial charge in [0, 0.05) is 17.8 Å². The first-order chi connectivity index (χ1) is 11.4. The zero-order chi connectivity index (χ0) is 17.7. The molecule has 0 spiro atoms. The minimum absolute atomic E-state index is 0.0413. The lowest BCUT2D eigenvalue weighted by Gasteiger charge is -2.29. The van der Waals surface area contributed by atoms with Gasteiger partial charge in [-0.25, -0.2) is 4.79 Å². The zero-order valence-corrected chi connectivity index (χ0v) is 15.9. The maximum atomic E-state index is 12.3. The van der Waals surface area contributed by atoms with Crippen molar-refractivity contribution in [2.24, 2.45) is 5.92 Å². The van der Waals surface area contributed by atoms with Crippen molar-refractivity contribution in [2.45, 2.75) is 47.0 Å². The summed E-state index contributed by atoms with van der Waals surface area (Å²) in [5, 5.41) is 3.52. The Hall–Kier alpha value is -1.40. The number of hydrogen-bond acceptors (Lipinski definition) is 5. The van der Waals surface area contributed by atoms with Gasteiger partial charge in [-0.15, -0.1) is 11.3 Å². The third-order valence-corrected chi connectivity index (χ3v) is 5.77. The second-order valence-corrected chi connectivity index (χ2v) is 7.75. The summed E-state index contributed by atoms with van der Waals surface area (Å²) < 4.78 is 5.12. The number of carbonyl (C=O) groups excluding carboxylic acids is 2. The number of likely N-dealkylation sites (tertiary alicyclic amines) is 1. The van der Waals surface area contributed by atoms with Gasteiger partial charge in [0.15, 0.2) is 0 Å². The van der Waals surface area contributed by atoms with Gasteiger partial charge in [0.2, 0.25) is 5.91 Å². The first-order valence-corrected chi connectivity index (χ1v) is 9.53. The van der Waals surface area contributed by atoms with Gasteiger partial charge in [0.1, 0.15) is 5.00 Å². The number of rotatable bonds is 6. The van der Waals surface area contributed by atoms with Gasteiger partial charge in [-0.2, -0.15) is 0 Å². The van der Waals surface area contributed by atoms with Crippen molar-refractivity contribution in [3.8, 4) is 0 Å². The summed E-state index contributed by atoms with van der Waals surface area (Å²) in [6.45, 7) is 11.1. The Bertz CT molecular complexity index is 589. The van der Waals surface area contributed by atoms with Crippen LogP contribution < -0.4 is 5.32 Å². The molecular formula is C18H28N2O3S. The Balaban J connectivity index is 1.94. The minimum Gasteiger partial charge on any atom is -0.462 e. The van der Waals surface area contributed by atoms with Crippen LogP contribution in [0.1, 0.15) is 53.9 Å². The number of esters is 1. The highest BCUT2D eigenvalue weighted by Crippen LogP contribution is 2.33. The maximum absolute atomic E-state index is 12.3. The molecule has 134 valence electrons. The normalized spacial score (nSPS) is 16.2. The van der Waals surface area contributed by atoms with Crippen molar-refractivity contribution in [1.82, 2.24) is 4.90 Å². The van der Waals surface area contributed by atoms with E-state index in [9.17, 15) is 9.59 Å². The van der Waals surface area contributed by atoms with Gasteiger partial charge in [0.05, 0.1) is 12.2 Å². The van der Waals surface area contributed by atoms with Crippen LogP contribution in [0.3, 0.4) is 0 Å². The van der Waals surface area contributed by atoms with E-state index in [1.54, 1.807) is 6.92 Å². The van der Waals surface area contributed by atoms with Crippen LogP contribution in [0, 0.1) is 19.8 Å². The molecule has 1 saturated heterocycles. The van der Waals surface area contributed by atoms with E-state index in [0.29, 0.717) is 23.6 Å². The van der Waals surface area contributed by atoms with Crippen LogP contribution in [-0.2, 0) is 9.53 Å². The van der Waals surface area contributed by atoms with E-state index in [0.717, 1.165) is 36.0 Å². The molecule has 1 aliphatic heterocycles. The van der Waals surface area contributed by atoms with Gasteiger partial charge in [0.25, 0.3) is 0 Å². The van der Waals surface area contributed by atoms with E-state index in [1.807, 2.05) is 13.8 Å². The molecule has 5 nitrogen and oxygen atoms in total. The number of hydrogen-bond donors (Lipinski definition) is 1. The molecule has 1 aliphatic rings. The second kappa shape index (κ2) is 8.62. The molecule has 1 amide bonds. The molecule has 1 aromatic heterocycles. The summed E-state index contributed by atoms with van der Waals surface area (Å²) in [6, 6.07) is 0. The fourth-order valence-electron chi connectivity index (χ4n) is 2.90. The Kier molecular flexibility index (Phi) is 6.80. The molecule has 2 heterocycles. The average molecular weight is 353 g/mol. The first-order valence-electron chi connectivity index (χ1n) is 8.71. The summed E-state index contributed by atoms with van der Waals surface area (Å²) in [6.07, 6.45) is 2.86. The van der Waals surface area contributed by atoms with Crippen molar-refractivity contribution < 1.29 is 14.3 Å². The average Bonchev–Trinajstić information content (AvgIpc) is 2.81. The van der Waals surface area contributed by atoms with Crippen LogP contribution in [0.15, 0.2) is 0 Å². The highest BCUT2D eigenvalue weighted by Gasteiger charge is 2.22. The highest BCUT2D eigenvalue weighted by atomic mass is 32.1. The molecule has 0 radical (unpaired) electrons. The molecule has 1 N–H and O–H groups in total. The van der Waals surface area contributed by atoms with Crippen molar-refractivity contribution in [3.63, 3.8) is 0 Å². The monoisotopic (exact) mass is 352 g/mol. The lowest BCUT2D eigenvalue weighted by atomic mass is 9.99. The van der Waals surface area contributed by atoms with E-state index >= 15 is 0 Å². The number of carbonyl (C=O) groups is 2. The van der Waals surface area contributed by atoms with Gasteiger partial charge in [-0.05, 0) is 58.2 Å². The lowest BCUT2D eigenvalue weighted by molar-refractivity contribution is -0.116. The Morgan fingerprint density at radius 3 is 2.58 bits per heavy atom.